The zero-order chi connectivity index (χ0) is 20.6. The van der Waals surface area contributed by atoms with Crippen LogP contribution in [-0.4, -0.2) is 21.9 Å². The molecular formula is C20H18N2O6. The fraction of sp³-hybridized carbons (Fsp3) is 0.200. The van der Waals surface area contributed by atoms with Crippen LogP contribution < -0.4 is 5.32 Å². The number of carboxylic acid groups (broad SMARTS) is 1. The fourth-order valence-corrected chi connectivity index (χ4v) is 2.78. The summed E-state index contributed by atoms with van der Waals surface area (Å²) < 4.78 is 5.26. The largest absolute Gasteiger partial charge is 0.475 e. The van der Waals surface area contributed by atoms with E-state index in [0.717, 1.165) is 5.56 Å². The predicted molar refractivity (Wildman–Crippen MR) is 103 cm³/mol. The third-order valence-electron chi connectivity index (χ3n) is 4.33. The number of rotatable bonds is 4. The van der Waals surface area contributed by atoms with E-state index in [0.29, 0.717) is 5.56 Å². The van der Waals surface area contributed by atoms with E-state index in [4.69, 9.17) is 4.42 Å². The lowest BCUT2D eigenvalue weighted by atomic mass is 9.87. The smallest absolute Gasteiger partial charge is 0.374 e. The molecule has 0 bridgehead atoms. The van der Waals surface area contributed by atoms with Gasteiger partial charge in [-0.05, 0) is 29.2 Å². The van der Waals surface area contributed by atoms with Gasteiger partial charge >= 0.3 is 5.97 Å². The van der Waals surface area contributed by atoms with Gasteiger partial charge in [0.2, 0.25) is 5.76 Å². The zero-order valence-electron chi connectivity index (χ0n) is 15.5. The lowest BCUT2D eigenvalue weighted by Gasteiger charge is -2.19. The third-order valence-corrected chi connectivity index (χ3v) is 4.33. The van der Waals surface area contributed by atoms with Gasteiger partial charge in [-0.3, -0.25) is 14.9 Å². The molecule has 0 spiro atoms. The summed E-state index contributed by atoms with van der Waals surface area (Å²) in [6.07, 6.45) is 0. The Morgan fingerprint density at radius 2 is 1.75 bits per heavy atom. The second-order valence-electron chi connectivity index (χ2n) is 7.33. The van der Waals surface area contributed by atoms with Gasteiger partial charge in [-0.15, -0.1) is 0 Å². The van der Waals surface area contributed by atoms with E-state index >= 15 is 0 Å². The number of carbonyl (C=O) groups is 2. The van der Waals surface area contributed by atoms with Crippen molar-refractivity contribution >= 4 is 34.2 Å². The van der Waals surface area contributed by atoms with Crippen molar-refractivity contribution in [2.75, 3.05) is 5.32 Å². The predicted octanol–water partition coefficient (Wildman–Crippen LogP) is 4.59. The fourth-order valence-electron chi connectivity index (χ4n) is 2.78. The van der Waals surface area contributed by atoms with Gasteiger partial charge in [0.15, 0.2) is 0 Å². The minimum Gasteiger partial charge on any atom is -0.475 e. The standard InChI is InChI=1S/C20H18N2O6/c1-20(2,3)12-6-4-11(5-7-12)18(23)21-16-14-10-13(22(26)27)8-9-15(14)28-17(16)19(24)25/h4-10H,1-3H3,(H,21,23)(H,24,25). The molecule has 3 rings (SSSR count). The Kier molecular flexibility index (Phi) is 4.64. The number of nitrogens with one attached hydrogen (secondary N) is 1. The Morgan fingerprint density at radius 1 is 1.11 bits per heavy atom. The molecule has 0 saturated heterocycles. The molecule has 0 unspecified atom stereocenters. The van der Waals surface area contributed by atoms with Crippen LogP contribution in [0.4, 0.5) is 11.4 Å². The van der Waals surface area contributed by atoms with Gasteiger partial charge < -0.3 is 14.8 Å². The highest BCUT2D eigenvalue weighted by Gasteiger charge is 2.24. The molecular weight excluding hydrogens is 364 g/mol. The van der Waals surface area contributed by atoms with Gasteiger partial charge in [-0.1, -0.05) is 32.9 Å². The summed E-state index contributed by atoms with van der Waals surface area (Å²) in [7, 11) is 0. The molecule has 1 aromatic heterocycles. The highest BCUT2D eigenvalue weighted by molar-refractivity contribution is 6.13. The molecule has 0 saturated carbocycles. The normalized spacial score (nSPS) is 11.4. The first-order valence-electron chi connectivity index (χ1n) is 8.44. The SMILES string of the molecule is CC(C)(C)c1ccc(C(=O)Nc2c(C(=O)O)oc3ccc([N+](=O)[O-])cc23)cc1. The highest BCUT2D eigenvalue weighted by atomic mass is 16.6. The molecule has 144 valence electrons. The first-order chi connectivity index (χ1) is 13.1. The molecule has 0 fully saturated rings. The Hall–Kier alpha value is -3.68. The number of nitrogens with zero attached hydrogens (tertiary/aromatic N) is 1. The number of benzene rings is 2. The number of carboxylic acids is 1. The Balaban J connectivity index is 2.01. The molecule has 0 aliphatic carbocycles. The highest BCUT2D eigenvalue weighted by Crippen LogP contribution is 2.34. The van der Waals surface area contributed by atoms with Gasteiger partial charge in [0, 0.05) is 17.7 Å². The van der Waals surface area contributed by atoms with Crippen molar-refractivity contribution in [3.63, 3.8) is 0 Å². The maximum absolute atomic E-state index is 12.6. The van der Waals surface area contributed by atoms with Crippen molar-refractivity contribution in [1.29, 1.82) is 0 Å². The van der Waals surface area contributed by atoms with E-state index in [1.54, 1.807) is 12.1 Å². The number of hydrogen-bond donors (Lipinski definition) is 2. The number of amides is 1. The number of nitro benzene ring substituents is 1. The molecule has 8 nitrogen and oxygen atoms in total. The topological polar surface area (TPSA) is 123 Å². The van der Waals surface area contributed by atoms with E-state index in [-0.39, 0.29) is 27.8 Å². The average molecular weight is 382 g/mol. The Morgan fingerprint density at radius 3 is 2.29 bits per heavy atom. The zero-order valence-corrected chi connectivity index (χ0v) is 15.5. The summed E-state index contributed by atoms with van der Waals surface area (Å²) in [5.74, 6) is -2.43. The number of furan rings is 1. The number of hydrogen-bond acceptors (Lipinski definition) is 5. The molecule has 0 aliphatic rings. The number of carbonyl (C=O) groups excluding carboxylic acids is 1. The summed E-state index contributed by atoms with van der Waals surface area (Å²) in [6.45, 7) is 6.14. The van der Waals surface area contributed by atoms with Crippen molar-refractivity contribution < 1.29 is 24.0 Å². The van der Waals surface area contributed by atoms with Crippen LogP contribution >= 0.6 is 0 Å². The molecule has 0 aliphatic heterocycles. The van der Waals surface area contributed by atoms with Gasteiger partial charge in [-0.25, -0.2) is 4.79 Å². The van der Waals surface area contributed by atoms with Crippen LogP contribution in [0, 0.1) is 10.1 Å². The Labute approximate surface area is 159 Å². The van der Waals surface area contributed by atoms with Crippen LogP contribution in [0.3, 0.4) is 0 Å². The molecule has 3 aromatic rings. The lowest BCUT2D eigenvalue weighted by Crippen LogP contribution is -2.15. The summed E-state index contributed by atoms with van der Waals surface area (Å²) >= 11 is 0. The van der Waals surface area contributed by atoms with Crippen LogP contribution in [0.5, 0.6) is 0 Å². The van der Waals surface area contributed by atoms with Gasteiger partial charge in [0.25, 0.3) is 11.6 Å². The van der Waals surface area contributed by atoms with E-state index in [9.17, 15) is 24.8 Å². The second-order valence-corrected chi connectivity index (χ2v) is 7.33. The second kappa shape index (κ2) is 6.80. The van der Waals surface area contributed by atoms with E-state index in [1.165, 1.54) is 18.2 Å². The number of fused-ring (bicyclic) bond motifs is 1. The van der Waals surface area contributed by atoms with Gasteiger partial charge in [-0.2, -0.15) is 0 Å². The number of anilines is 1. The van der Waals surface area contributed by atoms with Crippen molar-refractivity contribution in [2.24, 2.45) is 0 Å². The summed E-state index contributed by atoms with van der Waals surface area (Å²) in [5.41, 5.74) is 1.06. The van der Waals surface area contributed by atoms with E-state index in [1.807, 2.05) is 32.9 Å². The van der Waals surface area contributed by atoms with Crippen molar-refractivity contribution in [1.82, 2.24) is 0 Å². The molecule has 1 amide bonds. The third kappa shape index (κ3) is 3.57. The monoisotopic (exact) mass is 382 g/mol. The lowest BCUT2D eigenvalue weighted by molar-refractivity contribution is -0.384. The molecule has 0 radical (unpaired) electrons. The average Bonchev–Trinajstić information content (AvgIpc) is 2.99. The van der Waals surface area contributed by atoms with Crippen LogP contribution in [-0.2, 0) is 5.41 Å². The minimum atomic E-state index is -1.39. The number of nitro groups is 1. The van der Waals surface area contributed by atoms with Crippen molar-refractivity contribution in [3.8, 4) is 0 Å². The maximum Gasteiger partial charge on any atom is 0.374 e. The summed E-state index contributed by atoms with van der Waals surface area (Å²) in [6, 6.07) is 10.6. The first-order valence-corrected chi connectivity index (χ1v) is 8.44. The van der Waals surface area contributed by atoms with E-state index < -0.39 is 22.6 Å². The molecule has 2 N–H and O–H groups in total. The molecule has 1 heterocycles. The minimum absolute atomic E-state index is 0.0782. The number of aromatic carboxylic acids is 1. The van der Waals surface area contributed by atoms with E-state index in [2.05, 4.69) is 5.32 Å². The quantitative estimate of drug-likeness (QED) is 0.502. The van der Waals surface area contributed by atoms with Gasteiger partial charge in [0.1, 0.15) is 11.3 Å². The van der Waals surface area contributed by atoms with Crippen LogP contribution in [0.15, 0.2) is 46.9 Å². The van der Waals surface area contributed by atoms with Crippen molar-refractivity contribution in [3.05, 3.63) is 69.5 Å². The van der Waals surface area contributed by atoms with Crippen molar-refractivity contribution in [2.45, 2.75) is 26.2 Å². The summed E-state index contributed by atoms with van der Waals surface area (Å²) in [5, 5.41) is 23.1. The Bertz CT molecular complexity index is 1090. The van der Waals surface area contributed by atoms with Crippen LogP contribution in [0.1, 0.15) is 47.2 Å². The first kappa shape index (κ1) is 19.1. The molecule has 2 aromatic carbocycles. The molecule has 0 atom stereocenters. The molecule has 28 heavy (non-hydrogen) atoms. The van der Waals surface area contributed by atoms with Gasteiger partial charge in [0.05, 0.1) is 10.3 Å². The molecule has 8 heteroatoms. The van der Waals surface area contributed by atoms with Crippen LogP contribution in [0.25, 0.3) is 11.0 Å². The summed E-state index contributed by atoms with van der Waals surface area (Å²) in [4.78, 5) is 34.6. The maximum atomic E-state index is 12.6. The van der Waals surface area contributed by atoms with Crippen LogP contribution in [0.2, 0.25) is 0 Å². The number of non-ortho nitro benzene ring substituents is 1.